The Kier molecular flexibility index (Phi) is 6.21. The number of rotatable bonds is 3. The quantitative estimate of drug-likeness (QED) is 0.597. The Morgan fingerprint density at radius 3 is 2.71 bits per heavy atom. The fraction of sp³-hybridized carbons (Fsp3) is 0.217. The third kappa shape index (κ3) is 4.71. The highest BCUT2D eigenvalue weighted by Crippen LogP contribution is 2.28. The molecule has 7 nitrogen and oxygen atoms in total. The number of hydrogen-bond donors (Lipinski definition) is 0. The zero-order valence-corrected chi connectivity index (χ0v) is 16.8. The van der Waals surface area contributed by atoms with Gasteiger partial charge in [0.05, 0.1) is 11.8 Å². The standard InChI is InChI=1S/C13H10N4O2.C10H11FO/c1-2-10-11-4-3-5-13(18)17(11)7-6-16(10)8-12-14-9-15-19-12;11-9-5-3-8(4-6-9)10-2-1-7-12-10/h3-7,9H,1,8H2;3-6,10H,1-2,7H2/t;10-/m.1/s1. The Balaban J connectivity index is 0.000000166. The van der Waals surface area contributed by atoms with Crippen LogP contribution in [0.1, 0.15) is 36.1 Å². The number of ether oxygens (including phenoxy) is 1. The molecule has 1 saturated heterocycles. The van der Waals surface area contributed by atoms with Gasteiger partial charge in [0.2, 0.25) is 5.89 Å². The van der Waals surface area contributed by atoms with Gasteiger partial charge in [-0.2, -0.15) is 4.98 Å². The van der Waals surface area contributed by atoms with Crippen LogP contribution in [0.2, 0.25) is 0 Å². The molecule has 0 unspecified atom stereocenters. The molecule has 0 bridgehead atoms. The Hall–Kier alpha value is -3.74. The SMILES string of the molecule is C=C=C1c2cccc(=O)n2C=CN1Cc1ncno1.Fc1ccc([C@H]2CCCO2)cc1. The molecule has 5 rings (SSSR count). The van der Waals surface area contributed by atoms with Gasteiger partial charge in [-0.15, -0.1) is 5.73 Å². The van der Waals surface area contributed by atoms with E-state index in [1.165, 1.54) is 29.1 Å². The molecule has 8 heteroatoms. The van der Waals surface area contributed by atoms with E-state index in [2.05, 4.69) is 22.5 Å². The molecular weight excluding hydrogens is 399 g/mol. The van der Waals surface area contributed by atoms with Crippen molar-refractivity contribution in [1.82, 2.24) is 19.6 Å². The largest absolute Gasteiger partial charge is 0.374 e. The molecule has 0 N–H and O–H groups in total. The van der Waals surface area contributed by atoms with Gasteiger partial charge in [-0.1, -0.05) is 29.9 Å². The molecule has 3 aromatic rings. The van der Waals surface area contributed by atoms with Gasteiger partial charge in [0.1, 0.15) is 18.1 Å². The molecule has 1 atom stereocenters. The van der Waals surface area contributed by atoms with E-state index in [4.69, 9.17) is 9.26 Å². The van der Waals surface area contributed by atoms with E-state index >= 15 is 0 Å². The summed E-state index contributed by atoms with van der Waals surface area (Å²) >= 11 is 0. The summed E-state index contributed by atoms with van der Waals surface area (Å²) in [4.78, 5) is 17.6. The van der Waals surface area contributed by atoms with Gasteiger partial charge in [-0.25, -0.2) is 4.39 Å². The van der Waals surface area contributed by atoms with Crippen molar-refractivity contribution >= 4 is 11.9 Å². The number of benzene rings is 1. The van der Waals surface area contributed by atoms with Crippen molar-refractivity contribution in [3.8, 4) is 0 Å². The average Bonchev–Trinajstić information content (AvgIpc) is 3.49. The molecule has 31 heavy (non-hydrogen) atoms. The fourth-order valence-electron chi connectivity index (χ4n) is 3.47. The number of aromatic nitrogens is 3. The minimum Gasteiger partial charge on any atom is -0.374 e. The molecule has 0 amide bonds. The number of hydrogen-bond acceptors (Lipinski definition) is 6. The van der Waals surface area contributed by atoms with Crippen LogP contribution in [-0.2, 0) is 11.3 Å². The summed E-state index contributed by atoms with van der Waals surface area (Å²) in [6, 6.07) is 11.6. The third-order valence-corrected chi connectivity index (χ3v) is 4.97. The Labute approximate surface area is 178 Å². The molecule has 2 aliphatic heterocycles. The monoisotopic (exact) mass is 420 g/mol. The zero-order chi connectivity index (χ0) is 21.6. The Morgan fingerprint density at radius 2 is 2.03 bits per heavy atom. The zero-order valence-electron chi connectivity index (χ0n) is 16.8. The van der Waals surface area contributed by atoms with Gasteiger partial charge in [0.25, 0.3) is 5.56 Å². The van der Waals surface area contributed by atoms with E-state index in [1.807, 2.05) is 11.0 Å². The molecule has 2 aromatic heterocycles. The summed E-state index contributed by atoms with van der Waals surface area (Å²) in [5.41, 5.74) is 5.25. The van der Waals surface area contributed by atoms with E-state index in [-0.39, 0.29) is 17.5 Å². The van der Waals surface area contributed by atoms with Gasteiger partial charge in [0.15, 0.2) is 6.33 Å². The van der Waals surface area contributed by atoms with Crippen molar-refractivity contribution < 1.29 is 13.7 Å². The fourth-order valence-corrected chi connectivity index (χ4v) is 3.47. The summed E-state index contributed by atoms with van der Waals surface area (Å²) in [6.07, 6.45) is 7.17. The lowest BCUT2D eigenvalue weighted by atomic mass is 10.1. The molecule has 0 spiro atoms. The first kappa shape index (κ1) is 20.5. The molecule has 0 saturated carbocycles. The van der Waals surface area contributed by atoms with E-state index in [0.29, 0.717) is 18.1 Å². The lowest BCUT2D eigenvalue weighted by Crippen LogP contribution is -2.27. The first-order valence-electron chi connectivity index (χ1n) is 9.85. The topological polar surface area (TPSA) is 73.4 Å². The maximum atomic E-state index is 12.5. The highest BCUT2D eigenvalue weighted by atomic mass is 19.1. The van der Waals surface area contributed by atoms with Gasteiger partial charge in [-0.05, 0) is 36.6 Å². The first-order valence-corrected chi connectivity index (χ1v) is 9.85. The van der Waals surface area contributed by atoms with E-state index in [0.717, 1.165) is 30.7 Å². The van der Waals surface area contributed by atoms with Crippen LogP contribution < -0.4 is 5.56 Å². The number of pyridine rings is 1. The number of nitrogens with zero attached hydrogens (tertiary/aromatic N) is 4. The average molecular weight is 420 g/mol. The maximum Gasteiger partial charge on any atom is 0.255 e. The normalized spacial score (nSPS) is 17.0. The first-order chi connectivity index (χ1) is 15.2. The highest BCUT2D eigenvalue weighted by molar-refractivity contribution is 5.66. The number of halogens is 1. The summed E-state index contributed by atoms with van der Waals surface area (Å²) in [5, 5.41) is 3.56. The van der Waals surface area contributed by atoms with Crippen molar-refractivity contribution in [2.75, 3.05) is 6.61 Å². The summed E-state index contributed by atoms with van der Waals surface area (Å²) in [6.45, 7) is 4.91. The molecule has 0 aliphatic carbocycles. The van der Waals surface area contributed by atoms with Crippen LogP contribution in [0.25, 0.3) is 11.9 Å². The van der Waals surface area contributed by atoms with Gasteiger partial charge >= 0.3 is 0 Å². The third-order valence-electron chi connectivity index (χ3n) is 4.97. The van der Waals surface area contributed by atoms with Crippen molar-refractivity contribution in [2.24, 2.45) is 0 Å². The minimum atomic E-state index is -0.184. The predicted octanol–water partition coefficient (Wildman–Crippen LogP) is 3.98. The second kappa shape index (κ2) is 9.38. The maximum absolute atomic E-state index is 12.5. The van der Waals surface area contributed by atoms with Crippen molar-refractivity contribution in [1.29, 1.82) is 0 Å². The van der Waals surface area contributed by atoms with Crippen LogP contribution in [0.4, 0.5) is 4.39 Å². The van der Waals surface area contributed by atoms with Crippen LogP contribution >= 0.6 is 0 Å². The molecule has 0 radical (unpaired) electrons. The lowest BCUT2D eigenvalue weighted by molar-refractivity contribution is 0.112. The molecule has 1 aromatic carbocycles. The summed E-state index contributed by atoms with van der Waals surface area (Å²) < 4.78 is 24.5. The molecule has 4 heterocycles. The molecule has 158 valence electrons. The smallest absolute Gasteiger partial charge is 0.255 e. The summed E-state index contributed by atoms with van der Waals surface area (Å²) in [5.74, 6) is 0.292. The van der Waals surface area contributed by atoms with E-state index < -0.39 is 0 Å². The predicted molar refractivity (Wildman–Crippen MR) is 113 cm³/mol. The number of fused-ring (bicyclic) bond motifs is 1. The highest BCUT2D eigenvalue weighted by Gasteiger charge is 2.19. The second-order valence-electron chi connectivity index (χ2n) is 6.96. The van der Waals surface area contributed by atoms with E-state index in [9.17, 15) is 9.18 Å². The van der Waals surface area contributed by atoms with Crippen LogP contribution in [0.5, 0.6) is 0 Å². The van der Waals surface area contributed by atoms with E-state index in [1.54, 1.807) is 30.6 Å². The molecule has 2 aliphatic rings. The second-order valence-corrected chi connectivity index (χ2v) is 6.96. The van der Waals surface area contributed by atoms with Gasteiger partial charge in [0, 0.05) is 25.1 Å². The molecule has 1 fully saturated rings. The Bertz CT molecular complexity index is 1160. The Morgan fingerprint density at radius 1 is 1.19 bits per heavy atom. The lowest BCUT2D eigenvalue weighted by Gasteiger charge is -2.25. The van der Waals surface area contributed by atoms with Crippen LogP contribution in [0.3, 0.4) is 0 Å². The van der Waals surface area contributed by atoms with Crippen molar-refractivity contribution in [3.05, 3.63) is 101 Å². The summed E-state index contributed by atoms with van der Waals surface area (Å²) in [7, 11) is 0. The van der Waals surface area contributed by atoms with Crippen LogP contribution in [0, 0.1) is 5.82 Å². The molecular formula is C23H21FN4O3. The van der Waals surface area contributed by atoms with Gasteiger partial charge in [-0.3, -0.25) is 9.36 Å². The minimum absolute atomic E-state index is 0.0982. The van der Waals surface area contributed by atoms with Crippen LogP contribution in [-0.4, -0.2) is 26.2 Å². The van der Waals surface area contributed by atoms with Crippen molar-refractivity contribution in [3.63, 3.8) is 0 Å². The van der Waals surface area contributed by atoms with Crippen LogP contribution in [0.15, 0.2) is 76.6 Å². The van der Waals surface area contributed by atoms with Crippen molar-refractivity contribution in [2.45, 2.75) is 25.5 Å². The van der Waals surface area contributed by atoms with Gasteiger partial charge < -0.3 is 14.2 Å².